The molecule has 0 aromatic carbocycles. The lowest BCUT2D eigenvalue weighted by Gasteiger charge is -2.27. The summed E-state index contributed by atoms with van der Waals surface area (Å²) in [4.78, 5) is 26.0. The topological polar surface area (TPSA) is 155 Å². The van der Waals surface area contributed by atoms with Crippen molar-refractivity contribution in [2.24, 2.45) is 0 Å². The summed E-state index contributed by atoms with van der Waals surface area (Å²) in [6.07, 6.45) is 9.98. The maximum atomic E-state index is 15.7. The molecule has 0 amide bonds. The molecule has 0 spiro atoms. The minimum Gasteiger partial charge on any atom is -0.383 e. The highest BCUT2D eigenvalue weighted by atomic mass is 31.2. The summed E-state index contributed by atoms with van der Waals surface area (Å²) in [5.74, 6) is -4.00. The molecule has 1 saturated heterocycles. The molecular weight excluding hydrogens is 599 g/mol. The first-order valence-corrected chi connectivity index (χ1v) is 17.8. The van der Waals surface area contributed by atoms with Crippen LogP contribution >= 0.6 is 7.82 Å². The van der Waals surface area contributed by atoms with Gasteiger partial charge >= 0.3 is 19.4 Å². The Morgan fingerprint density at radius 3 is 2.09 bits per heavy atom. The van der Waals surface area contributed by atoms with Crippen LogP contribution in [0.3, 0.4) is 0 Å². The summed E-state index contributed by atoms with van der Waals surface area (Å²) in [6, 6.07) is 1.17. The molecule has 1 aromatic rings. The van der Waals surface area contributed by atoms with E-state index >= 15 is 8.78 Å². The minimum atomic E-state index is -4.60. The first-order chi connectivity index (χ1) is 21.0. The second-order valence-corrected chi connectivity index (χ2v) is 13.0. The Morgan fingerprint density at radius 2 is 1.52 bits per heavy atom. The number of phosphoric acid groups is 1. The number of aliphatic hydroxyl groups is 1. The predicted octanol–water partition coefficient (Wildman–Crippen LogP) is 6.87. The van der Waals surface area contributed by atoms with Gasteiger partial charge in [0, 0.05) is 6.20 Å². The van der Waals surface area contributed by atoms with Crippen molar-refractivity contribution in [1.29, 1.82) is 0 Å². The number of ether oxygens (including phenoxy) is 2. The molecule has 2 rings (SSSR count). The number of nitrogen functional groups attached to an aromatic ring is 1. The maximum Gasteiger partial charge on any atom is 0.472 e. The van der Waals surface area contributed by atoms with Crippen LogP contribution in [0, 0.1) is 0 Å². The van der Waals surface area contributed by atoms with Crippen molar-refractivity contribution in [1.82, 2.24) is 9.55 Å². The number of nitrogens with two attached hydrogens (primary N) is 1. The third-order valence-electron chi connectivity index (χ3n) is 7.72. The maximum absolute atomic E-state index is 15.7. The summed E-state index contributed by atoms with van der Waals surface area (Å²) >= 11 is 0. The monoisotopic (exact) mass is 653 g/mol. The zero-order chi connectivity index (χ0) is 32.4. The number of rotatable bonds is 25. The van der Waals surface area contributed by atoms with Gasteiger partial charge in [-0.2, -0.15) is 13.8 Å². The Hall–Kier alpha value is -1.47. The molecular formula is C30H54F2N3O8P. The average molecular weight is 654 g/mol. The van der Waals surface area contributed by atoms with Crippen molar-refractivity contribution < 1.29 is 41.9 Å². The highest BCUT2D eigenvalue weighted by Crippen LogP contribution is 2.48. The van der Waals surface area contributed by atoms with E-state index in [1.807, 2.05) is 0 Å². The highest BCUT2D eigenvalue weighted by molar-refractivity contribution is 7.47. The van der Waals surface area contributed by atoms with Crippen LogP contribution in [0.2, 0.25) is 0 Å². The fourth-order valence-electron chi connectivity index (χ4n) is 5.19. The van der Waals surface area contributed by atoms with Crippen LogP contribution in [0.5, 0.6) is 0 Å². The van der Waals surface area contributed by atoms with E-state index in [0.29, 0.717) is 17.4 Å². The molecule has 1 aliphatic heterocycles. The molecule has 256 valence electrons. The first-order valence-electron chi connectivity index (χ1n) is 16.3. The van der Waals surface area contributed by atoms with Crippen molar-refractivity contribution in [2.75, 3.05) is 18.9 Å². The normalized spacial score (nSPS) is 21.8. The highest BCUT2D eigenvalue weighted by Gasteiger charge is 2.62. The van der Waals surface area contributed by atoms with E-state index < -0.39 is 50.8 Å². The molecule has 1 aliphatic rings. The van der Waals surface area contributed by atoms with Crippen molar-refractivity contribution in [3.63, 3.8) is 0 Å². The Bertz CT molecular complexity index is 1030. The minimum absolute atomic E-state index is 0.0310. The van der Waals surface area contributed by atoms with E-state index in [2.05, 4.69) is 18.8 Å². The van der Waals surface area contributed by atoms with Crippen molar-refractivity contribution in [2.45, 2.75) is 154 Å². The van der Waals surface area contributed by atoms with Gasteiger partial charge < -0.3 is 25.2 Å². The lowest BCUT2D eigenvalue weighted by Crippen LogP contribution is -2.45. The van der Waals surface area contributed by atoms with Gasteiger partial charge in [0.15, 0.2) is 12.4 Å². The number of aromatic nitrogens is 2. The zero-order valence-electron chi connectivity index (χ0n) is 26.4. The number of phosphoric ester groups is 1. The van der Waals surface area contributed by atoms with Crippen LogP contribution < -0.4 is 11.4 Å². The molecule has 14 heteroatoms. The van der Waals surface area contributed by atoms with Gasteiger partial charge in [-0.15, -0.1) is 0 Å². The van der Waals surface area contributed by atoms with E-state index in [-0.39, 0.29) is 18.8 Å². The van der Waals surface area contributed by atoms with E-state index in [1.54, 1.807) is 0 Å². The molecule has 0 aliphatic carbocycles. The summed E-state index contributed by atoms with van der Waals surface area (Å²) in [6.45, 7) is 3.47. The number of alkyl halides is 2. The summed E-state index contributed by atoms with van der Waals surface area (Å²) < 4.78 is 65.3. The molecule has 11 nitrogen and oxygen atoms in total. The quantitative estimate of drug-likeness (QED) is 0.0578. The van der Waals surface area contributed by atoms with Gasteiger partial charge in [0.2, 0.25) is 6.23 Å². The largest absolute Gasteiger partial charge is 0.472 e. The van der Waals surface area contributed by atoms with E-state index in [9.17, 15) is 19.4 Å². The second kappa shape index (κ2) is 20.6. The second-order valence-electron chi connectivity index (χ2n) is 11.6. The number of hydrogen-bond acceptors (Lipinski definition) is 9. The number of aliphatic hydroxyl groups excluding tert-OH is 1. The molecule has 1 fully saturated rings. The van der Waals surface area contributed by atoms with E-state index in [4.69, 9.17) is 24.3 Å². The molecule has 0 radical (unpaired) electrons. The standard InChI is InChI=1S/C30H54F2N3O8P/c1-3-5-7-9-11-13-15-17-19-26(36)43-27-24(42-28(30(27,31)32)35-21-20-25(33)34-29(35)37)23-41-44(38,39)40-22-18-16-14-12-10-8-6-4-2/h20-21,24,26-28,36H,3-19,22-23H2,1-2H3,(H,38,39)(H2,33,34,37)/t24?,26?,27-,28?/m1/s1. The van der Waals surface area contributed by atoms with Crippen LogP contribution in [0.4, 0.5) is 14.6 Å². The first kappa shape index (κ1) is 38.7. The number of halogens is 2. The Balaban J connectivity index is 1.94. The molecule has 4 N–H and O–H groups in total. The number of hydrogen-bond donors (Lipinski definition) is 3. The lowest BCUT2D eigenvalue weighted by molar-refractivity contribution is -0.214. The number of anilines is 1. The molecule has 5 atom stereocenters. The Kier molecular flexibility index (Phi) is 18.1. The summed E-state index contributed by atoms with van der Waals surface area (Å²) in [5, 5.41) is 10.5. The van der Waals surface area contributed by atoms with Gasteiger partial charge in [0.1, 0.15) is 11.9 Å². The van der Waals surface area contributed by atoms with Gasteiger partial charge in [0.25, 0.3) is 0 Å². The molecule has 2 heterocycles. The Labute approximate surface area is 260 Å². The third-order valence-corrected chi connectivity index (χ3v) is 8.70. The van der Waals surface area contributed by atoms with Crippen LogP contribution in [0.25, 0.3) is 0 Å². The van der Waals surface area contributed by atoms with Gasteiger partial charge in [-0.25, -0.2) is 9.36 Å². The van der Waals surface area contributed by atoms with Crippen LogP contribution in [0.15, 0.2) is 17.1 Å². The summed E-state index contributed by atoms with van der Waals surface area (Å²) in [7, 11) is -4.60. The molecule has 1 aromatic heterocycles. The fraction of sp³-hybridized carbons (Fsp3) is 0.867. The average Bonchev–Trinajstić information content (AvgIpc) is 3.21. The van der Waals surface area contributed by atoms with Gasteiger partial charge in [-0.1, -0.05) is 104 Å². The van der Waals surface area contributed by atoms with Crippen molar-refractivity contribution in [3.05, 3.63) is 22.7 Å². The van der Waals surface area contributed by atoms with Gasteiger partial charge in [-0.05, 0) is 25.3 Å². The number of unbranched alkanes of at least 4 members (excludes halogenated alkanes) is 14. The molecule has 44 heavy (non-hydrogen) atoms. The van der Waals surface area contributed by atoms with Crippen molar-refractivity contribution >= 4 is 13.6 Å². The van der Waals surface area contributed by atoms with Crippen LogP contribution in [-0.2, 0) is 23.1 Å². The summed E-state index contributed by atoms with van der Waals surface area (Å²) in [5.41, 5.74) is 4.42. The molecule has 0 saturated carbocycles. The van der Waals surface area contributed by atoms with Crippen molar-refractivity contribution in [3.8, 4) is 0 Å². The fourth-order valence-corrected chi connectivity index (χ4v) is 5.96. The van der Waals surface area contributed by atoms with E-state index in [0.717, 1.165) is 64.0 Å². The zero-order valence-corrected chi connectivity index (χ0v) is 27.3. The van der Waals surface area contributed by atoms with Gasteiger partial charge in [0.05, 0.1) is 13.2 Å². The third kappa shape index (κ3) is 13.9. The predicted molar refractivity (Wildman–Crippen MR) is 164 cm³/mol. The Morgan fingerprint density at radius 1 is 0.977 bits per heavy atom. The van der Waals surface area contributed by atoms with Crippen LogP contribution in [-0.4, -0.2) is 57.2 Å². The van der Waals surface area contributed by atoms with Gasteiger partial charge in [-0.3, -0.25) is 13.6 Å². The lowest BCUT2D eigenvalue weighted by atomic mass is 10.1. The molecule has 0 bridgehead atoms. The number of nitrogens with zero attached hydrogens (tertiary/aromatic N) is 2. The SMILES string of the molecule is CCCCCCCCCCOP(=O)(O)OCC1OC(n2ccc(N)nc2=O)C(F)(F)[C@@H]1OC(O)CCCCCCCCCC. The molecule has 4 unspecified atom stereocenters. The smallest absolute Gasteiger partial charge is 0.383 e. The van der Waals surface area contributed by atoms with E-state index in [1.165, 1.54) is 38.2 Å². The van der Waals surface area contributed by atoms with Crippen LogP contribution in [0.1, 0.15) is 129 Å².